The smallest absolute Gasteiger partial charge is 0.272 e. The van der Waals surface area contributed by atoms with Gasteiger partial charge in [-0.1, -0.05) is 0 Å². The number of benzene rings is 1. The molecule has 2 amide bonds. The van der Waals surface area contributed by atoms with Crippen molar-refractivity contribution in [1.82, 2.24) is 4.98 Å². The molecule has 0 aliphatic carbocycles. The number of aromatic nitrogens is 1. The summed E-state index contributed by atoms with van der Waals surface area (Å²) in [5.74, 6) is -0.0475. The molecule has 2 N–H and O–H groups in total. The van der Waals surface area contributed by atoms with Crippen LogP contribution >= 0.6 is 15.9 Å². The number of aromatic amines is 1. The van der Waals surface area contributed by atoms with Gasteiger partial charge in [-0.3, -0.25) is 9.59 Å². The van der Waals surface area contributed by atoms with Crippen LogP contribution in [0.1, 0.15) is 23.3 Å². The molecule has 2 heterocycles. The van der Waals surface area contributed by atoms with E-state index in [4.69, 9.17) is 0 Å². The summed E-state index contributed by atoms with van der Waals surface area (Å²) in [6, 6.07) is 9.02. The van der Waals surface area contributed by atoms with Crippen molar-refractivity contribution in [1.29, 1.82) is 0 Å². The third-order valence-electron chi connectivity index (χ3n) is 3.40. The Kier molecular flexibility index (Phi) is 3.79. The molecule has 1 fully saturated rings. The Morgan fingerprint density at radius 2 is 2.05 bits per heavy atom. The summed E-state index contributed by atoms with van der Waals surface area (Å²) < 4.78 is 0.829. The molecule has 0 radical (unpaired) electrons. The summed E-state index contributed by atoms with van der Waals surface area (Å²) in [7, 11) is 0. The van der Waals surface area contributed by atoms with E-state index in [0.29, 0.717) is 17.8 Å². The molecule has 3 rings (SSSR count). The van der Waals surface area contributed by atoms with Crippen LogP contribution in [0.2, 0.25) is 0 Å². The first-order valence-corrected chi connectivity index (χ1v) is 7.48. The minimum atomic E-state index is -0.203. The van der Waals surface area contributed by atoms with Crippen molar-refractivity contribution in [2.75, 3.05) is 16.8 Å². The first kappa shape index (κ1) is 13.9. The second kappa shape index (κ2) is 5.73. The number of amides is 2. The maximum Gasteiger partial charge on any atom is 0.272 e. The van der Waals surface area contributed by atoms with E-state index in [9.17, 15) is 9.59 Å². The van der Waals surface area contributed by atoms with Crippen LogP contribution in [-0.2, 0) is 4.79 Å². The van der Waals surface area contributed by atoms with E-state index in [1.165, 1.54) is 0 Å². The molecule has 1 saturated heterocycles. The summed E-state index contributed by atoms with van der Waals surface area (Å²) >= 11 is 3.29. The molecule has 1 aromatic carbocycles. The van der Waals surface area contributed by atoms with E-state index < -0.39 is 0 Å². The maximum absolute atomic E-state index is 12.0. The van der Waals surface area contributed by atoms with Crippen molar-refractivity contribution in [3.8, 4) is 0 Å². The van der Waals surface area contributed by atoms with Gasteiger partial charge in [-0.2, -0.15) is 0 Å². The number of carbonyl (C=O) groups excluding carboxylic acids is 2. The van der Waals surface area contributed by atoms with Crippen molar-refractivity contribution in [3.63, 3.8) is 0 Å². The summed E-state index contributed by atoms with van der Waals surface area (Å²) in [4.78, 5) is 28.3. The summed E-state index contributed by atoms with van der Waals surface area (Å²) in [5, 5.41) is 2.81. The van der Waals surface area contributed by atoms with Gasteiger partial charge in [0.1, 0.15) is 5.69 Å². The van der Waals surface area contributed by atoms with Crippen LogP contribution in [-0.4, -0.2) is 23.3 Å². The highest BCUT2D eigenvalue weighted by atomic mass is 79.9. The third kappa shape index (κ3) is 3.00. The van der Waals surface area contributed by atoms with Crippen molar-refractivity contribution in [2.45, 2.75) is 12.8 Å². The standard InChI is InChI=1S/C15H14BrN3O2/c16-10-8-13(17-9-10)15(21)18-11-3-5-12(6-4-11)19-7-1-2-14(19)20/h3-6,8-9,17H,1-2,7H2,(H,18,21). The highest BCUT2D eigenvalue weighted by Crippen LogP contribution is 2.23. The van der Waals surface area contributed by atoms with Gasteiger partial charge < -0.3 is 15.2 Å². The zero-order valence-corrected chi connectivity index (χ0v) is 12.8. The van der Waals surface area contributed by atoms with Crippen molar-refractivity contribution >= 4 is 39.1 Å². The van der Waals surface area contributed by atoms with Crippen molar-refractivity contribution < 1.29 is 9.59 Å². The number of hydrogen-bond donors (Lipinski definition) is 2. The number of anilines is 2. The number of rotatable bonds is 3. The molecule has 0 spiro atoms. The molecule has 0 unspecified atom stereocenters. The molecule has 0 bridgehead atoms. The van der Waals surface area contributed by atoms with Gasteiger partial charge in [-0.15, -0.1) is 0 Å². The fraction of sp³-hybridized carbons (Fsp3) is 0.200. The second-order valence-corrected chi connectivity index (χ2v) is 5.80. The van der Waals surface area contributed by atoms with E-state index >= 15 is 0 Å². The van der Waals surface area contributed by atoms with Gasteiger partial charge in [-0.25, -0.2) is 0 Å². The average molecular weight is 348 g/mol. The van der Waals surface area contributed by atoms with E-state index in [1.807, 2.05) is 12.1 Å². The van der Waals surface area contributed by atoms with Crippen LogP contribution in [0.15, 0.2) is 41.0 Å². The Hall–Kier alpha value is -2.08. The Bertz CT molecular complexity index is 678. The first-order valence-electron chi connectivity index (χ1n) is 6.69. The van der Waals surface area contributed by atoms with Crippen LogP contribution in [0.5, 0.6) is 0 Å². The molecule has 1 aliphatic heterocycles. The molecule has 1 aliphatic rings. The molecule has 1 aromatic heterocycles. The van der Waals surface area contributed by atoms with Crippen LogP contribution in [0.4, 0.5) is 11.4 Å². The van der Waals surface area contributed by atoms with Crippen LogP contribution in [0.25, 0.3) is 0 Å². The minimum Gasteiger partial charge on any atom is -0.356 e. The lowest BCUT2D eigenvalue weighted by atomic mass is 10.2. The highest BCUT2D eigenvalue weighted by Gasteiger charge is 2.21. The molecule has 21 heavy (non-hydrogen) atoms. The van der Waals surface area contributed by atoms with Crippen LogP contribution in [0, 0.1) is 0 Å². The quantitative estimate of drug-likeness (QED) is 0.895. The number of halogens is 1. The molecule has 0 saturated carbocycles. The predicted octanol–water partition coefficient (Wildman–Crippen LogP) is 3.16. The van der Waals surface area contributed by atoms with Gasteiger partial charge in [0.05, 0.1) is 0 Å². The second-order valence-electron chi connectivity index (χ2n) is 4.88. The zero-order chi connectivity index (χ0) is 14.8. The van der Waals surface area contributed by atoms with Gasteiger partial charge in [0.15, 0.2) is 0 Å². The molecule has 108 valence electrons. The lowest BCUT2D eigenvalue weighted by Gasteiger charge is -2.16. The zero-order valence-electron chi connectivity index (χ0n) is 11.2. The largest absolute Gasteiger partial charge is 0.356 e. The SMILES string of the molecule is O=C(Nc1ccc(N2CCCC2=O)cc1)c1cc(Br)c[nH]1. The molecular weight excluding hydrogens is 334 g/mol. The van der Waals surface area contributed by atoms with Gasteiger partial charge in [0.2, 0.25) is 5.91 Å². The maximum atomic E-state index is 12.0. The number of hydrogen-bond acceptors (Lipinski definition) is 2. The van der Waals surface area contributed by atoms with Gasteiger partial charge >= 0.3 is 0 Å². The number of nitrogens with zero attached hydrogens (tertiary/aromatic N) is 1. The number of carbonyl (C=O) groups is 2. The fourth-order valence-electron chi connectivity index (χ4n) is 2.34. The van der Waals surface area contributed by atoms with E-state index in [2.05, 4.69) is 26.2 Å². The lowest BCUT2D eigenvalue weighted by Crippen LogP contribution is -2.23. The van der Waals surface area contributed by atoms with Gasteiger partial charge in [0, 0.05) is 35.0 Å². The van der Waals surface area contributed by atoms with E-state index in [1.54, 1.807) is 29.3 Å². The van der Waals surface area contributed by atoms with E-state index in [-0.39, 0.29) is 11.8 Å². The normalized spacial score (nSPS) is 14.5. The Balaban J connectivity index is 1.69. The first-order chi connectivity index (χ1) is 10.1. The monoisotopic (exact) mass is 347 g/mol. The predicted molar refractivity (Wildman–Crippen MR) is 84.5 cm³/mol. The van der Waals surface area contributed by atoms with Crippen LogP contribution < -0.4 is 10.2 Å². The average Bonchev–Trinajstić information content (AvgIpc) is 3.08. The summed E-state index contributed by atoms with van der Waals surface area (Å²) in [5.41, 5.74) is 2.06. The van der Waals surface area contributed by atoms with Gasteiger partial charge in [-0.05, 0) is 52.7 Å². The van der Waals surface area contributed by atoms with Crippen molar-refractivity contribution in [3.05, 3.63) is 46.7 Å². The highest BCUT2D eigenvalue weighted by molar-refractivity contribution is 9.10. The fourth-order valence-corrected chi connectivity index (χ4v) is 2.69. The molecule has 6 heteroatoms. The number of H-pyrrole nitrogens is 1. The topological polar surface area (TPSA) is 65.2 Å². The van der Waals surface area contributed by atoms with Crippen LogP contribution in [0.3, 0.4) is 0 Å². The lowest BCUT2D eigenvalue weighted by molar-refractivity contribution is -0.117. The molecule has 2 aromatic rings. The minimum absolute atomic E-state index is 0.156. The van der Waals surface area contributed by atoms with Crippen molar-refractivity contribution in [2.24, 2.45) is 0 Å². The Morgan fingerprint density at radius 1 is 1.29 bits per heavy atom. The summed E-state index contributed by atoms with van der Waals surface area (Å²) in [6.07, 6.45) is 3.22. The molecular formula is C15H14BrN3O2. The number of nitrogens with one attached hydrogen (secondary N) is 2. The molecule has 0 atom stereocenters. The Labute approximate surface area is 130 Å². The van der Waals surface area contributed by atoms with Gasteiger partial charge in [0.25, 0.3) is 5.91 Å². The Morgan fingerprint density at radius 3 is 2.62 bits per heavy atom. The molecule has 5 nitrogen and oxygen atoms in total. The third-order valence-corrected chi connectivity index (χ3v) is 3.86. The van der Waals surface area contributed by atoms with E-state index in [0.717, 1.165) is 23.1 Å². The summed E-state index contributed by atoms with van der Waals surface area (Å²) in [6.45, 7) is 0.765.